The van der Waals surface area contributed by atoms with Crippen LogP contribution in [0.3, 0.4) is 0 Å². The van der Waals surface area contributed by atoms with Gasteiger partial charge in [0.15, 0.2) is 5.13 Å². The number of para-hydroxylation sites is 1. The first-order chi connectivity index (χ1) is 11.2. The summed E-state index contributed by atoms with van der Waals surface area (Å²) in [6.45, 7) is 0.900. The van der Waals surface area contributed by atoms with Gasteiger partial charge in [0.25, 0.3) is 0 Å². The number of fused-ring (bicyclic) bond motifs is 1. The number of carbonyl (C=O) groups is 2. The van der Waals surface area contributed by atoms with Crippen molar-refractivity contribution in [3.05, 3.63) is 18.2 Å². The number of ether oxygens (including phenoxy) is 1. The van der Waals surface area contributed by atoms with Crippen molar-refractivity contribution in [1.29, 1.82) is 0 Å². The summed E-state index contributed by atoms with van der Waals surface area (Å²) in [7, 11) is 1.62. The Bertz CT molecular complexity index is 728. The summed E-state index contributed by atoms with van der Waals surface area (Å²) in [5.41, 5.74) is 0.809. The van der Waals surface area contributed by atoms with Crippen molar-refractivity contribution in [3.63, 3.8) is 0 Å². The molecule has 1 N–H and O–H groups in total. The monoisotopic (exact) mass is 333 g/mol. The smallest absolute Gasteiger partial charge is 0.246 e. The van der Waals surface area contributed by atoms with Gasteiger partial charge in [-0.15, -0.1) is 0 Å². The first-order valence-electron chi connectivity index (χ1n) is 7.68. The molecule has 0 spiro atoms. The topological polar surface area (TPSA) is 71.5 Å². The Hall–Kier alpha value is -2.15. The molecule has 0 unspecified atom stereocenters. The molecule has 1 aliphatic rings. The molecule has 1 aromatic carbocycles. The van der Waals surface area contributed by atoms with E-state index in [4.69, 9.17) is 4.74 Å². The molecular formula is C16H19N3O3S. The molecule has 23 heavy (non-hydrogen) atoms. The van der Waals surface area contributed by atoms with Gasteiger partial charge in [0.05, 0.1) is 18.4 Å². The number of benzene rings is 1. The molecule has 1 aromatic heterocycles. The Morgan fingerprint density at radius 3 is 2.91 bits per heavy atom. The molecule has 1 aliphatic heterocycles. The molecule has 7 heteroatoms. The van der Waals surface area contributed by atoms with E-state index in [-0.39, 0.29) is 18.4 Å². The lowest BCUT2D eigenvalue weighted by Gasteiger charge is -2.22. The average Bonchev–Trinajstić information content (AvgIpc) is 2.97. The van der Waals surface area contributed by atoms with E-state index < -0.39 is 0 Å². The highest BCUT2D eigenvalue weighted by molar-refractivity contribution is 7.22. The van der Waals surface area contributed by atoms with Crippen LogP contribution in [0.1, 0.15) is 25.7 Å². The lowest BCUT2D eigenvalue weighted by Crippen LogP contribution is -2.41. The van der Waals surface area contributed by atoms with Crippen LogP contribution >= 0.6 is 11.3 Å². The first-order valence-corrected chi connectivity index (χ1v) is 8.50. The zero-order chi connectivity index (χ0) is 16.2. The second-order valence-electron chi connectivity index (χ2n) is 5.51. The van der Waals surface area contributed by atoms with Crippen LogP contribution in [0, 0.1) is 0 Å². The second-order valence-corrected chi connectivity index (χ2v) is 6.52. The van der Waals surface area contributed by atoms with Crippen molar-refractivity contribution in [2.75, 3.05) is 25.1 Å². The van der Waals surface area contributed by atoms with Crippen molar-refractivity contribution < 1.29 is 14.3 Å². The van der Waals surface area contributed by atoms with E-state index in [1.807, 2.05) is 23.1 Å². The highest BCUT2D eigenvalue weighted by Crippen LogP contribution is 2.34. The normalized spacial score (nSPS) is 17.2. The number of hydrogen-bond acceptors (Lipinski definition) is 6. The number of thiazole rings is 1. The van der Waals surface area contributed by atoms with Crippen LogP contribution in [0.4, 0.5) is 5.13 Å². The fourth-order valence-electron chi connectivity index (χ4n) is 2.65. The quantitative estimate of drug-likeness (QED) is 0.854. The van der Waals surface area contributed by atoms with Gasteiger partial charge >= 0.3 is 0 Å². The number of hydrogen-bond donors (Lipinski definition) is 1. The summed E-state index contributed by atoms with van der Waals surface area (Å²) < 4.78 is 6.37. The highest BCUT2D eigenvalue weighted by atomic mass is 32.1. The van der Waals surface area contributed by atoms with Crippen LogP contribution < -0.4 is 15.0 Å². The Balaban J connectivity index is 1.88. The number of anilines is 1. The molecule has 0 aliphatic carbocycles. The van der Waals surface area contributed by atoms with E-state index in [1.165, 1.54) is 11.3 Å². The molecule has 6 nitrogen and oxygen atoms in total. The van der Waals surface area contributed by atoms with Gasteiger partial charge in [-0.05, 0) is 25.0 Å². The SMILES string of the molecule is COc1cccc2sc(N3CCCCCC(=O)NC(=O)C3)nc12. The Labute approximate surface area is 138 Å². The van der Waals surface area contributed by atoms with Gasteiger partial charge in [0.1, 0.15) is 11.3 Å². The minimum absolute atomic E-state index is 0.147. The van der Waals surface area contributed by atoms with Crippen LogP contribution in [0.25, 0.3) is 10.2 Å². The maximum atomic E-state index is 12.0. The van der Waals surface area contributed by atoms with Crippen LogP contribution in [0.5, 0.6) is 5.75 Å². The molecule has 0 radical (unpaired) electrons. The van der Waals surface area contributed by atoms with E-state index in [9.17, 15) is 9.59 Å². The molecule has 1 saturated heterocycles. The minimum atomic E-state index is -0.275. The second kappa shape index (κ2) is 6.95. The van der Waals surface area contributed by atoms with Gasteiger partial charge in [-0.3, -0.25) is 14.9 Å². The lowest BCUT2D eigenvalue weighted by atomic mass is 10.1. The molecular weight excluding hydrogens is 314 g/mol. The molecule has 122 valence electrons. The van der Waals surface area contributed by atoms with Crippen molar-refractivity contribution in [2.24, 2.45) is 0 Å². The summed E-state index contributed by atoms with van der Waals surface area (Å²) >= 11 is 1.53. The van der Waals surface area contributed by atoms with E-state index in [2.05, 4.69) is 10.3 Å². The molecule has 1 fully saturated rings. The number of amides is 2. The number of carbonyl (C=O) groups excluding carboxylic acids is 2. The zero-order valence-electron chi connectivity index (χ0n) is 13.0. The average molecular weight is 333 g/mol. The first kappa shape index (κ1) is 15.7. The molecule has 2 heterocycles. The van der Waals surface area contributed by atoms with Gasteiger partial charge in [0.2, 0.25) is 11.8 Å². The van der Waals surface area contributed by atoms with Gasteiger partial charge in [-0.1, -0.05) is 23.8 Å². The van der Waals surface area contributed by atoms with E-state index >= 15 is 0 Å². The van der Waals surface area contributed by atoms with Crippen molar-refractivity contribution >= 4 is 38.5 Å². The predicted octanol–water partition coefficient (Wildman–Crippen LogP) is 2.33. The molecule has 0 atom stereocenters. The van der Waals surface area contributed by atoms with E-state index in [0.717, 1.165) is 46.9 Å². The largest absolute Gasteiger partial charge is 0.494 e. The maximum Gasteiger partial charge on any atom is 0.246 e. The molecule has 3 rings (SSSR count). The zero-order valence-corrected chi connectivity index (χ0v) is 13.8. The standard InChI is InChI=1S/C16H19N3O3S/c1-22-11-6-5-7-12-15(11)18-16(23-12)19-9-4-2-3-8-13(20)17-14(21)10-19/h5-7H,2-4,8-10H2,1H3,(H,17,20,21). The number of rotatable bonds is 2. The summed E-state index contributed by atoms with van der Waals surface area (Å²) in [5, 5.41) is 3.22. The highest BCUT2D eigenvalue weighted by Gasteiger charge is 2.19. The van der Waals surface area contributed by atoms with E-state index in [0.29, 0.717) is 6.42 Å². The minimum Gasteiger partial charge on any atom is -0.494 e. The lowest BCUT2D eigenvalue weighted by molar-refractivity contribution is -0.129. The number of imide groups is 1. The molecule has 0 bridgehead atoms. The number of nitrogens with one attached hydrogen (secondary N) is 1. The van der Waals surface area contributed by atoms with Crippen molar-refractivity contribution in [3.8, 4) is 5.75 Å². The third-order valence-electron chi connectivity index (χ3n) is 3.81. The fourth-order valence-corrected chi connectivity index (χ4v) is 3.66. The van der Waals surface area contributed by atoms with Crippen molar-refractivity contribution in [2.45, 2.75) is 25.7 Å². The van der Waals surface area contributed by atoms with Gasteiger partial charge in [0, 0.05) is 13.0 Å². The summed E-state index contributed by atoms with van der Waals surface area (Å²) in [6.07, 6.45) is 3.13. The van der Waals surface area contributed by atoms with Crippen LogP contribution in [-0.2, 0) is 9.59 Å². The van der Waals surface area contributed by atoms with Gasteiger partial charge in [-0.25, -0.2) is 4.98 Å². The molecule has 0 saturated carbocycles. The number of methoxy groups -OCH3 is 1. The van der Waals surface area contributed by atoms with Crippen LogP contribution in [-0.4, -0.2) is 37.0 Å². The Morgan fingerprint density at radius 2 is 2.09 bits per heavy atom. The number of nitrogens with zero attached hydrogens (tertiary/aromatic N) is 2. The van der Waals surface area contributed by atoms with Crippen LogP contribution in [0.2, 0.25) is 0 Å². The Morgan fingerprint density at radius 1 is 1.22 bits per heavy atom. The predicted molar refractivity (Wildman–Crippen MR) is 90.0 cm³/mol. The van der Waals surface area contributed by atoms with Gasteiger partial charge in [-0.2, -0.15) is 0 Å². The van der Waals surface area contributed by atoms with Gasteiger partial charge < -0.3 is 9.64 Å². The third-order valence-corrected chi connectivity index (χ3v) is 4.89. The summed E-state index contributed by atoms with van der Waals surface area (Å²) in [5.74, 6) is 0.261. The molecule has 2 aromatic rings. The van der Waals surface area contributed by atoms with E-state index in [1.54, 1.807) is 7.11 Å². The number of aromatic nitrogens is 1. The third kappa shape index (κ3) is 3.61. The van der Waals surface area contributed by atoms with Crippen LogP contribution in [0.15, 0.2) is 18.2 Å². The fraction of sp³-hybridized carbons (Fsp3) is 0.438. The Kier molecular flexibility index (Phi) is 4.76. The van der Waals surface area contributed by atoms with Crippen molar-refractivity contribution in [1.82, 2.24) is 10.3 Å². The summed E-state index contributed by atoms with van der Waals surface area (Å²) in [4.78, 5) is 30.2. The maximum absolute atomic E-state index is 12.0. The molecule has 2 amide bonds. The summed E-state index contributed by atoms with van der Waals surface area (Å²) in [6, 6.07) is 5.79.